The minimum Gasteiger partial charge on any atom is -0.491 e. The summed E-state index contributed by atoms with van der Waals surface area (Å²) < 4.78 is 5.47. The van der Waals surface area contributed by atoms with Crippen molar-refractivity contribution in [2.75, 3.05) is 13.2 Å². The highest BCUT2D eigenvalue weighted by Crippen LogP contribution is 2.31. The molecular formula is C12H16N2O2. The second-order valence-electron chi connectivity index (χ2n) is 3.80. The molecule has 16 heavy (non-hydrogen) atoms. The molecule has 4 nitrogen and oxygen atoms in total. The topological polar surface area (TPSA) is 50.4 Å². The standard InChI is InChI=1S/C12H16N2O2/c1-2-7-13-12(15)14-10-8-16-11-6-4-3-5-9(10)11/h3-6,10H,2,7-8H2,1H3,(H2,13,14,15). The summed E-state index contributed by atoms with van der Waals surface area (Å²) in [6.45, 7) is 3.23. The average Bonchev–Trinajstić information content (AvgIpc) is 2.70. The van der Waals surface area contributed by atoms with E-state index in [2.05, 4.69) is 10.6 Å². The molecule has 0 fully saturated rings. The highest BCUT2D eigenvalue weighted by Gasteiger charge is 2.24. The van der Waals surface area contributed by atoms with Crippen LogP contribution in [0.1, 0.15) is 24.9 Å². The van der Waals surface area contributed by atoms with Crippen molar-refractivity contribution in [3.8, 4) is 5.75 Å². The largest absolute Gasteiger partial charge is 0.491 e. The van der Waals surface area contributed by atoms with Gasteiger partial charge in [-0.15, -0.1) is 0 Å². The SMILES string of the molecule is CCCNC(=O)NC1COc2ccccc21. The van der Waals surface area contributed by atoms with Crippen LogP contribution >= 0.6 is 0 Å². The number of nitrogens with one attached hydrogen (secondary N) is 2. The summed E-state index contributed by atoms with van der Waals surface area (Å²) in [5, 5.41) is 5.68. The third kappa shape index (κ3) is 2.27. The number of fused-ring (bicyclic) bond motifs is 1. The summed E-state index contributed by atoms with van der Waals surface area (Å²) in [6, 6.07) is 7.61. The minimum absolute atomic E-state index is 0.0342. The number of amides is 2. The summed E-state index contributed by atoms with van der Waals surface area (Å²) in [4.78, 5) is 11.5. The molecule has 0 aromatic heterocycles. The van der Waals surface area contributed by atoms with Gasteiger partial charge in [0.2, 0.25) is 0 Å². The molecule has 2 amide bonds. The zero-order valence-corrected chi connectivity index (χ0v) is 9.32. The van der Waals surface area contributed by atoms with Crippen LogP contribution in [0.4, 0.5) is 4.79 Å². The normalized spacial score (nSPS) is 17.4. The fraction of sp³-hybridized carbons (Fsp3) is 0.417. The van der Waals surface area contributed by atoms with Crippen molar-refractivity contribution in [3.05, 3.63) is 29.8 Å². The predicted octanol–water partition coefficient (Wildman–Crippen LogP) is 1.83. The lowest BCUT2D eigenvalue weighted by atomic mass is 10.1. The van der Waals surface area contributed by atoms with E-state index in [1.807, 2.05) is 31.2 Å². The smallest absolute Gasteiger partial charge is 0.315 e. The minimum atomic E-state index is -0.132. The molecule has 1 aromatic carbocycles. The predicted molar refractivity (Wildman–Crippen MR) is 61.5 cm³/mol. The number of para-hydroxylation sites is 1. The molecule has 2 N–H and O–H groups in total. The molecule has 0 radical (unpaired) electrons. The van der Waals surface area contributed by atoms with E-state index < -0.39 is 0 Å². The Bertz CT molecular complexity index is 379. The molecule has 0 aliphatic carbocycles. The lowest BCUT2D eigenvalue weighted by Crippen LogP contribution is -2.38. The van der Waals surface area contributed by atoms with Gasteiger partial charge in [0.15, 0.2) is 0 Å². The number of urea groups is 1. The molecule has 1 aliphatic heterocycles. The van der Waals surface area contributed by atoms with Crippen LogP contribution in [0.15, 0.2) is 24.3 Å². The quantitative estimate of drug-likeness (QED) is 0.816. The Labute approximate surface area is 95.0 Å². The van der Waals surface area contributed by atoms with E-state index in [0.29, 0.717) is 13.2 Å². The second-order valence-corrected chi connectivity index (χ2v) is 3.80. The Hall–Kier alpha value is -1.71. The molecule has 1 heterocycles. The van der Waals surface area contributed by atoms with Crippen molar-refractivity contribution in [1.82, 2.24) is 10.6 Å². The van der Waals surface area contributed by atoms with Crippen LogP contribution in [-0.4, -0.2) is 19.2 Å². The van der Waals surface area contributed by atoms with E-state index in [0.717, 1.165) is 17.7 Å². The van der Waals surface area contributed by atoms with Crippen LogP contribution in [-0.2, 0) is 0 Å². The highest BCUT2D eigenvalue weighted by atomic mass is 16.5. The molecule has 1 unspecified atom stereocenters. The maximum absolute atomic E-state index is 11.5. The Balaban J connectivity index is 1.95. The van der Waals surface area contributed by atoms with Gasteiger partial charge in [-0.05, 0) is 12.5 Å². The maximum atomic E-state index is 11.5. The van der Waals surface area contributed by atoms with E-state index >= 15 is 0 Å². The Morgan fingerprint density at radius 3 is 3.12 bits per heavy atom. The van der Waals surface area contributed by atoms with Gasteiger partial charge in [-0.2, -0.15) is 0 Å². The van der Waals surface area contributed by atoms with Gasteiger partial charge in [0.1, 0.15) is 12.4 Å². The second kappa shape index (κ2) is 4.88. The molecule has 86 valence electrons. The van der Waals surface area contributed by atoms with E-state index in [1.54, 1.807) is 0 Å². The Kier molecular flexibility index (Phi) is 3.29. The van der Waals surface area contributed by atoms with Crippen LogP contribution < -0.4 is 15.4 Å². The van der Waals surface area contributed by atoms with Gasteiger partial charge >= 0.3 is 6.03 Å². The van der Waals surface area contributed by atoms with E-state index in [9.17, 15) is 4.79 Å². The lowest BCUT2D eigenvalue weighted by Gasteiger charge is -2.12. The fourth-order valence-electron chi connectivity index (χ4n) is 1.73. The first-order valence-corrected chi connectivity index (χ1v) is 5.57. The van der Waals surface area contributed by atoms with Gasteiger partial charge in [-0.25, -0.2) is 4.79 Å². The lowest BCUT2D eigenvalue weighted by molar-refractivity contribution is 0.232. The van der Waals surface area contributed by atoms with Gasteiger partial charge in [0, 0.05) is 12.1 Å². The molecule has 0 saturated carbocycles. The first kappa shape index (κ1) is 10.8. The van der Waals surface area contributed by atoms with Gasteiger partial charge in [-0.3, -0.25) is 0 Å². The summed E-state index contributed by atoms with van der Waals surface area (Å²) in [6.07, 6.45) is 0.936. The molecule has 0 saturated heterocycles. The van der Waals surface area contributed by atoms with Crippen molar-refractivity contribution in [1.29, 1.82) is 0 Å². The van der Waals surface area contributed by atoms with Crippen molar-refractivity contribution in [3.63, 3.8) is 0 Å². The number of carbonyl (C=O) groups excluding carboxylic acids is 1. The molecule has 1 aliphatic rings. The summed E-state index contributed by atoms with van der Waals surface area (Å²) in [5.41, 5.74) is 1.05. The van der Waals surface area contributed by atoms with Gasteiger partial charge in [0.25, 0.3) is 0 Å². The van der Waals surface area contributed by atoms with Crippen LogP contribution in [0.3, 0.4) is 0 Å². The third-order valence-corrected chi connectivity index (χ3v) is 2.54. The molecule has 1 aromatic rings. The summed E-state index contributed by atoms with van der Waals surface area (Å²) >= 11 is 0. The molecule has 0 spiro atoms. The van der Waals surface area contributed by atoms with Crippen LogP contribution in [0, 0.1) is 0 Å². The number of hydrogen-bond donors (Lipinski definition) is 2. The number of ether oxygens (including phenoxy) is 1. The first-order valence-electron chi connectivity index (χ1n) is 5.57. The zero-order chi connectivity index (χ0) is 11.4. The maximum Gasteiger partial charge on any atom is 0.315 e. The highest BCUT2D eigenvalue weighted by molar-refractivity contribution is 5.74. The van der Waals surface area contributed by atoms with Crippen molar-refractivity contribution in [2.45, 2.75) is 19.4 Å². The Morgan fingerprint density at radius 1 is 1.50 bits per heavy atom. The molecular weight excluding hydrogens is 204 g/mol. The fourth-order valence-corrected chi connectivity index (χ4v) is 1.73. The number of carbonyl (C=O) groups is 1. The average molecular weight is 220 g/mol. The number of benzene rings is 1. The van der Waals surface area contributed by atoms with Crippen LogP contribution in [0.5, 0.6) is 5.75 Å². The van der Waals surface area contributed by atoms with E-state index in [1.165, 1.54) is 0 Å². The summed E-state index contributed by atoms with van der Waals surface area (Å²) in [7, 11) is 0. The van der Waals surface area contributed by atoms with Crippen molar-refractivity contribution < 1.29 is 9.53 Å². The zero-order valence-electron chi connectivity index (χ0n) is 9.32. The third-order valence-electron chi connectivity index (χ3n) is 2.54. The van der Waals surface area contributed by atoms with Crippen LogP contribution in [0.2, 0.25) is 0 Å². The molecule has 4 heteroatoms. The van der Waals surface area contributed by atoms with E-state index in [-0.39, 0.29) is 12.1 Å². The number of rotatable bonds is 3. The number of hydrogen-bond acceptors (Lipinski definition) is 2. The molecule has 0 bridgehead atoms. The van der Waals surface area contributed by atoms with Crippen molar-refractivity contribution >= 4 is 6.03 Å². The van der Waals surface area contributed by atoms with Crippen LogP contribution in [0.25, 0.3) is 0 Å². The summed E-state index contributed by atoms with van der Waals surface area (Å²) in [5.74, 6) is 0.864. The van der Waals surface area contributed by atoms with Gasteiger partial charge in [0.05, 0.1) is 6.04 Å². The van der Waals surface area contributed by atoms with E-state index in [4.69, 9.17) is 4.74 Å². The molecule has 2 rings (SSSR count). The first-order chi connectivity index (χ1) is 7.81. The molecule has 1 atom stereocenters. The Morgan fingerprint density at radius 2 is 2.31 bits per heavy atom. The monoisotopic (exact) mass is 220 g/mol. The van der Waals surface area contributed by atoms with Gasteiger partial charge in [-0.1, -0.05) is 25.1 Å². The van der Waals surface area contributed by atoms with Gasteiger partial charge < -0.3 is 15.4 Å². The van der Waals surface area contributed by atoms with Crippen molar-refractivity contribution in [2.24, 2.45) is 0 Å².